The lowest BCUT2D eigenvalue weighted by molar-refractivity contribution is 0.310. The molecule has 1 heterocycles. The summed E-state index contributed by atoms with van der Waals surface area (Å²) in [5.74, 6) is 0.995. The zero-order valence-electron chi connectivity index (χ0n) is 16.5. The maximum absolute atomic E-state index is 6.15. The Morgan fingerprint density at radius 2 is 1.74 bits per heavy atom. The van der Waals surface area contributed by atoms with Crippen LogP contribution in [0, 0.1) is 6.92 Å². The van der Waals surface area contributed by atoms with Crippen molar-refractivity contribution in [3.8, 4) is 5.75 Å². The minimum absolute atomic E-state index is 0.759. The van der Waals surface area contributed by atoms with Gasteiger partial charge in [0.25, 0.3) is 0 Å². The van der Waals surface area contributed by atoms with E-state index in [-0.39, 0.29) is 0 Å². The number of ether oxygens (including phenoxy) is 1. The van der Waals surface area contributed by atoms with Gasteiger partial charge in [-0.25, -0.2) is 0 Å². The van der Waals surface area contributed by atoms with Gasteiger partial charge in [-0.1, -0.05) is 55.8 Å². The third-order valence-electron chi connectivity index (χ3n) is 4.88. The predicted octanol–water partition coefficient (Wildman–Crippen LogP) is 5.44. The Morgan fingerprint density at radius 3 is 2.56 bits per heavy atom. The van der Waals surface area contributed by atoms with E-state index in [9.17, 15) is 0 Å². The fourth-order valence-electron chi connectivity index (χ4n) is 3.27. The second kappa shape index (κ2) is 10.1. The Bertz CT molecular complexity index is 846. The number of benzene rings is 2. The number of para-hydroxylation sites is 1. The van der Waals surface area contributed by atoms with Crippen molar-refractivity contribution in [3.05, 3.63) is 71.4 Å². The molecule has 2 aromatic carbocycles. The SMILES string of the molecule is CCCCOc1c(C)c(CNCCCc2ccccc2)nc2ccccc12. The van der Waals surface area contributed by atoms with E-state index in [1.165, 1.54) is 5.56 Å². The van der Waals surface area contributed by atoms with Crippen molar-refractivity contribution in [3.63, 3.8) is 0 Å². The number of unbranched alkanes of at least 4 members (excludes halogenated alkanes) is 1. The Hall–Kier alpha value is -2.39. The van der Waals surface area contributed by atoms with E-state index in [0.29, 0.717) is 0 Å². The van der Waals surface area contributed by atoms with E-state index in [1.807, 2.05) is 6.07 Å². The molecule has 0 fully saturated rings. The lowest BCUT2D eigenvalue weighted by atomic mass is 10.1. The van der Waals surface area contributed by atoms with E-state index in [2.05, 4.69) is 67.7 Å². The van der Waals surface area contributed by atoms with Crippen molar-refractivity contribution >= 4 is 10.9 Å². The number of rotatable bonds is 10. The highest BCUT2D eigenvalue weighted by atomic mass is 16.5. The minimum atomic E-state index is 0.759. The smallest absolute Gasteiger partial charge is 0.133 e. The van der Waals surface area contributed by atoms with Crippen LogP contribution in [0.4, 0.5) is 0 Å². The Labute approximate surface area is 162 Å². The Morgan fingerprint density at radius 1 is 0.963 bits per heavy atom. The number of aromatic nitrogens is 1. The molecule has 142 valence electrons. The maximum Gasteiger partial charge on any atom is 0.133 e. The fourth-order valence-corrected chi connectivity index (χ4v) is 3.27. The first kappa shape index (κ1) is 19.4. The summed E-state index contributed by atoms with van der Waals surface area (Å²) in [5.41, 5.74) is 4.64. The number of hydrogen-bond donors (Lipinski definition) is 1. The van der Waals surface area contributed by atoms with Crippen LogP contribution < -0.4 is 10.1 Å². The molecule has 27 heavy (non-hydrogen) atoms. The van der Waals surface area contributed by atoms with E-state index >= 15 is 0 Å². The molecular weight excluding hydrogens is 332 g/mol. The molecule has 1 N–H and O–H groups in total. The van der Waals surface area contributed by atoms with Gasteiger partial charge in [0.1, 0.15) is 5.75 Å². The molecule has 0 aliphatic rings. The van der Waals surface area contributed by atoms with Gasteiger partial charge < -0.3 is 10.1 Å². The summed E-state index contributed by atoms with van der Waals surface area (Å²) < 4.78 is 6.15. The summed E-state index contributed by atoms with van der Waals surface area (Å²) in [7, 11) is 0. The normalized spacial score (nSPS) is 11.0. The predicted molar refractivity (Wildman–Crippen MR) is 113 cm³/mol. The molecule has 1 aromatic heterocycles. The monoisotopic (exact) mass is 362 g/mol. The molecule has 0 bridgehead atoms. The maximum atomic E-state index is 6.15. The summed E-state index contributed by atoms with van der Waals surface area (Å²) in [6.07, 6.45) is 4.43. The average Bonchev–Trinajstić information content (AvgIpc) is 2.71. The van der Waals surface area contributed by atoms with Crippen molar-refractivity contribution in [2.24, 2.45) is 0 Å². The van der Waals surface area contributed by atoms with Crippen LogP contribution >= 0.6 is 0 Å². The zero-order valence-corrected chi connectivity index (χ0v) is 16.5. The number of fused-ring (bicyclic) bond motifs is 1. The quantitative estimate of drug-likeness (QED) is 0.487. The first-order valence-electron chi connectivity index (χ1n) is 10.0. The molecule has 0 unspecified atom stereocenters. The van der Waals surface area contributed by atoms with E-state index < -0.39 is 0 Å². The van der Waals surface area contributed by atoms with Gasteiger partial charge in [-0.3, -0.25) is 4.98 Å². The van der Waals surface area contributed by atoms with Crippen molar-refractivity contribution in [1.82, 2.24) is 10.3 Å². The van der Waals surface area contributed by atoms with Crippen molar-refractivity contribution in [2.45, 2.75) is 46.1 Å². The highest BCUT2D eigenvalue weighted by molar-refractivity contribution is 5.86. The molecule has 0 radical (unpaired) electrons. The molecule has 0 spiro atoms. The first-order valence-corrected chi connectivity index (χ1v) is 10.0. The molecule has 3 aromatic rings. The third-order valence-corrected chi connectivity index (χ3v) is 4.88. The van der Waals surface area contributed by atoms with Crippen LogP contribution in [0.25, 0.3) is 10.9 Å². The summed E-state index contributed by atoms with van der Waals surface area (Å²) in [4.78, 5) is 4.88. The molecule has 0 aliphatic heterocycles. The van der Waals surface area contributed by atoms with Gasteiger partial charge in [0.2, 0.25) is 0 Å². The summed E-state index contributed by atoms with van der Waals surface area (Å²) in [6, 6.07) is 18.9. The summed E-state index contributed by atoms with van der Waals surface area (Å²) >= 11 is 0. The van der Waals surface area contributed by atoms with Crippen LogP contribution in [0.1, 0.15) is 43.0 Å². The third kappa shape index (κ3) is 5.30. The van der Waals surface area contributed by atoms with Crippen LogP contribution in [0.5, 0.6) is 5.75 Å². The Kier molecular flexibility index (Phi) is 7.23. The molecule has 0 atom stereocenters. The van der Waals surface area contributed by atoms with Gasteiger partial charge in [-0.05, 0) is 50.4 Å². The van der Waals surface area contributed by atoms with Crippen LogP contribution in [0.2, 0.25) is 0 Å². The molecule has 0 aliphatic carbocycles. The standard InChI is InChI=1S/C24H30N2O/c1-3-4-17-27-24-19(2)23(26-22-15-9-8-14-21(22)24)18-25-16-10-13-20-11-6-5-7-12-20/h5-9,11-12,14-15,25H,3-4,10,13,16-18H2,1-2H3. The molecule has 0 amide bonds. The lowest BCUT2D eigenvalue weighted by Crippen LogP contribution is -2.17. The topological polar surface area (TPSA) is 34.1 Å². The van der Waals surface area contributed by atoms with Gasteiger partial charge >= 0.3 is 0 Å². The van der Waals surface area contributed by atoms with E-state index in [1.54, 1.807) is 0 Å². The number of nitrogens with one attached hydrogen (secondary N) is 1. The Balaban J connectivity index is 1.64. The summed E-state index contributed by atoms with van der Waals surface area (Å²) in [5, 5.41) is 4.66. The number of nitrogens with zero attached hydrogens (tertiary/aromatic N) is 1. The fraction of sp³-hybridized carbons (Fsp3) is 0.375. The van der Waals surface area contributed by atoms with Crippen LogP contribution in [0.3, 0.4) is 0 Å². The van der Waals surface area contributed by atoms with Crippen LogP contribution in [0.15, 0.2) is 54.6 Å². The molecular formula is C24H30N2O. The lowest BCUT2D eigenvalue weighted by Gasteiger charge is -2.16. The zero-order chi connectivity index (χ0) is 18.9. The van der Waals surface area contributed by atoms with E-state index in [4.69, 9.17) is 9.72 Å². The number of hydrogen-bond acceptors (Lipinski definition) is 3. The average molecular weight is 363 g/mol. The molecule has 0 saturated heterocycles. The highest BCUT2D eigenvalue weighted by Gasteiger charge is 2.12. The molecule has 3 heteroatoms. The number of aryl methyl sites for hydroxylation is 1. The van der Waals surface area contributed by atoms with Gasteiger partial charge in [0.15, 0.2) is 0 Å². The van der Waals surface area contributed by atoms with Crippen LogP contribution in [-0.2, 0) is 13.0 Å². The summed E-state index contributed by atoms with van der Waals surface area (Å²) in [6.45, 7) is 6.83. The molecule has 3 nitrogen and oxygen atoms in total. The van der Waals surface area contributed by atoms with Crippen LogP contribution in [-0.4, -0.2) is 18.1 Å². The minimum Gasteiger partial charge on any atom is -0.493 e. The van der Waals surface area contributed by atoms with Crippen molar-refractivity contribution < 1.29 is 4.74 Å². The van der Waals surface area contributed by atoms with Crippen molar-refractivity contribution in [2.75, 3.05) is 13.2 Å². The van der Waals surface area contributed by atoms with E-state index in [0.717, 1.165) is 73.3 Å². The molecule has 3 rings (SSSR count). The first-order chi connectivity index (χ1) is 13.3. The second-order valence-electron chi connectivity index (χ2n) is 7.00. The van der Waals surface area contributed by atoms with Crippen molar-refractivity contribution in [1.29, 1.82) is 0 Å². The number of pyridine rings is 1. The molecule has 0 saturated carbocycles. The van der Waals surface area contributed by atoms with Gasteiger partial charge in [-0.2, -0.15) is 0 Å². The largest absolute Gasteiger partial charge is 0.493 e. The van der Waals surface area contributed by atoms with Gasteiger partial charge in [0, 0.05) is 17.5 Å². The van der Waals surface area contributed by atoms with Gasteiger partial charge in [-0.15, -0.1) is 0 Å². The highest BCUT2D eigenvalue weighted by Crippen LogP contribution is 2.30. The second-order valence-corrected chi connectivity index (χ2v) is 7.00. The van der Waals surface area contributed by atoms with Gasteiger partial charge in [0.05, 0.1) is 17.8 Å².